The maximum Gasteiger partial charge on any atom is 0.135 e. The van der Waals surface area contributed by atoms with E-state index in [1.165, 1.54) is 38.0 Å². The lowest BCUT2D eigenvalue weighted by atomic mass is 10.1. The van der Waals surface area contributed by atoms with Crippen LogP contribution in [0.4, 0.5) is 5.69 Å². The summed E-state index contributed by atoms with van der Waals surface area (Å²) in [6, 6.07) is 6.32. The van der Waals surface area contributed by atoms with Gasteiger partial charge in [0.05, 0.1) is 11.6 Å². The number of rotatable bonds is 2. The van der Waals surface area contributed by atoms with Crippen LogP contribution in [0.1, 0.15) is 19.3 Å². The summed E-state index contributed by atoms with van der Waals surface area (Å²) in [5.74, 6) is 0.915. The molecule has 1 aromatic rings. The second-order valence-corrected chi connectivity index (χ2v) is 4.72. The predicted molar refractivity (Wildman–Crippen MR) is 66.8 cm³/mol. The van der Waals surface area contributed by atoms with Gasteiger partial charge in [0.2, 0.25) is 0 Å². The predicted octanol–water partition coefficient (Wildman–Crippen LogP) is 3.45. The molecule has 0 atom stereocenters. The number of hydrogen-bond acceptors (Lipinski definition) is 2. The van der Waals surface area contributed by atoms with Gasteiger partial charge in [-0.2, -0.15) is 0 Å². The van der Waals surface area contributed by atoms with Crippen LogP contribution in [0.5, 0.6) is 5.75 Å². The van der Waals surface area contributed by atoms with E-state index in [0.717, 1.165) is 10.2 Å². The smallest absolute Gasteiger partial charge is 0.135 e. The van der Waals surface area contributed by atoms with E-state index in [-0.39, 0.29) is 0 Å². The van der Waals surface area contributed by atoms with E-state index < -0.39 is 0 Å². The third-order valence-electron chi connectivity index (χ3n) is 2.86. The van der Waals surface area contributed by atoms with Gasteiger partial charge in [-0.15, -0.1) is 0 Å². The molecule has 1 aliphatic heterocycles. The van der Waals surface area contributed by atoms with Gasteiger partial charge in [0, 0.05) is 24.8 Å². The van der Waals surface area contributed by atoms with Crippen LogP contribution in [0.25, 0.3) is 0 Å². The Morgan fingerprint density at radius 3 is 2.60 bits per heavy atom. The number of hydrogen-bond donors (Lipinski definition) is 0. The van der Waals surface area contributed by atoms with Crippen molar-refractivity contribution < 1.29 is 4.74 Å². The molecule has 0 aliphatic carbocycles. The minimum absolute atomic E-state index is 0.915. The van der Waals surface area contributed by atoms with E-state index in [4.69, 9.17) is 4.74 Å². The van der Waals surface area contributed by atoms with E-state index in [1.807, 2.05) is 0 Å². The Labute approximate surface area is 99.4 Å². The second-order valence-electron chi connectivity index (χ2n) is 3.87. The van der Waals surface area contributed by atoms with Crippen molar-refractivity contribution in [1.29, 1.82) is 0 Å². The number of halogens is 1. The maximum atomic E-state index is 5.30. The summed E-state index contributed by atoms with van der Waals surface area (Å²) in [6.45, 7) is 2.34. The Bertz CT molecular complexity index is 334. The summed E-state index contributed by atoms with van der Waals surface area (Å²) < 4.78 is 6.32. The highest BCUT2D eigenvalue weighted by atomic mass is 79.9. The minimum Gasteiger partial charge on any atom is -0.495 e. The monoisotopic (exact) mass is 269 g/mol. The van der Waals surface area contributed by atoms with Crippen LogP contribution in [0.15, 0.2) is 22.7 Å². The van der Waals surface area contributed by atoms with E-state index >= 15 is 0 Å². The van der Waals surface area contributed by atoms with E-state index in [9.17, 15) is 0 Å². The van der Waals surface area contributed by atoms with Crippen molar-refractivity contribution >= 4 is 21.6 Å². The fraction of sp³-hybridized carbons (Fsp3) is 0.500. The van der Waals surface area contributed by atoms with Gasteiger partial charge < -0.3 is 9.64 Å². The van der Waals surface area contributed by atoms with Crippen molar-refractivity contribution in [2.24, 2.45) is 0 Å². The molecule has 82 valence electrons. The fourth-order valence-electron chi connectivity index (χ4n) is 2.00. The van der Waals surface area contributed by atoms with Crippen LogP contribution >= 0.6 is 15.9 Å². The van der Waals surface area contributed by atoms with Crippen molar-refractivity contribution in [2.45, 2.75) is 19.3 Å². The number of anilines is 1. The van der Waals surface area contributed by atoms with Crippen molar-refractivity contribution in [2.75, 3.05) is 25.1 Å². The molecule has 0 bridgehead atoms. The minimum atomic E-state index is 0.915. The molecule has 1 fully saturated rings. The van der Waals surface area contributed by atoms with Crippen LogP contribution in [-0.4, -0.2) is 20.2 Å². The highest BCUT2D eigenvalue weighted by Crippen LogP contribution is 2.30. The van der Waals surface area contributed by atoms with Gasteiger partial charge in [0.15, 0.2) is 0 Å². The summed E-state index contributed by atoms with van der Waals surface area (Å²) in [5.41, 5.74) is 1.27. The summed E-state index contributed by atoms with van der Waals surface area (Å²) in [7, 11) is 1.71. The molecule has 0 radical (unpaired) electrons. The molecule has 0 N–H and O–H groups in total. The topological polar surface area (TPSA) is 12.5 Å². The van der Waals surface area contributed by atoms with E-state index in [1.54, 1.807) is 7.11 Å². The van der Waals surface area contributed by atoms with Gasteiger partial charge >= 0.3 is 0 Å². The van der Waals surface area contributed by atoms with Crippen LogP contribution < -0.4 is 9.64 Å². The summed E-state index contributed by atoms with van der Waals surface area (Å²) in [6.07, 6.45) is 3.97. The number of piperidine rings is 1. The molecular formula is C12H16BrNO. The van der Waals surface area contributed by atoms with Gasteiger partial charge in [-0.05, 0) is 47.3 Å². The second kappa shape index (κ2) is 4.88. The zero-order chi connectivity index (χ0) is 10.7. The van der Waals surface area contributed by atoms with E-state index in [0.29, 0.717) is 0 Å². The van der Waals surface area contributed by atoms with Crippen LogP contribution in [0, 0.1) is 0 Å². The van der Waals surface area contributed by atoms with Gasteiger partial charge in [0.25, 0.3) is 0 Å². The fourth-order valence-corrected chi connectivity index (χ4v) is 2.41. The third-order valence-corrected chi connectivity index (χ3v) is 3.51. The van der Waals surface area contributed by atoms with Crippen molar-refractivity contribution in [1.82, 2.24) is 0 Å². The first-order valence-corrected chi connectivity index (χ1v) is 6.19. The molecule has 1 aromatic carbocycles. The largest absolute Gasteiger partial charge is 0.495 e. The first kappa shape index (κ1) is 10.8. The van der Waals surface area contributed by atoms with Crippen LogP contribution in [0.3, 0.4) is 0 Å². The molecule has 0 unspecified atom stereocenters. The Kier molecular flexibility index (Phi) is 3.52. The zero-order valence-corrected chi connectivity index (χ0v) is 10.6. The maximum absolute atomic E-state index is 5.30. The van der Waals surface area contributed by atoms with Gasteiger partial charge in [-0.1, -0.05) is 0 Å². The van der Waals surface area contributed by atoms with Gasteiger partial charge in [-0.25, -0.2) is 0 Å². The molecule has 0 amide bonds. The lowest BCUT2D eigenvalue weighted by molar-refractivity contribution is 0.412. The first-order chi connectivity index (χ1) is 7.31. The van der Waals surface area contributed by atoms with Crippen molar-refractivity contribution in [3.63, 3.8) is 0 Å². The summed E-state index contributed by atoms with van der Waals surface area (Å²) in [5, 5.41) is 0. The van der Waals surface area contributed by atoms with Crippen LogP contribution in [-0.2, 0) is 0 Å². The zero-order valence-electron chi connectivity index (χ0n) is 9.00. The number of benzene rings is 1. The highest BCUT2D eigenvalue weighted by molar-refractivity contribution is 9.10. The number of nitrogens with zero attached hydrogens (tertiary/aromatic N) is 1. The quantitative estimate of drug-likeness (QED) is 0.816. The molecule has 1 heterocycles. The SMILES string of the molecule is COc1cc(N2CCCCC2)ccc1Br. The normalized spacial score (nSPS) is 16.5. The molecule has 2 nitrogen and oxygen atoms in total. The first-order valence-electron chi connectivity index (χ1n) is 5.40. The van der Waals surface area contributed by atoms with Crippen molar-refractivity contribution in [3.05, 3.63) is 22.7 Å². The lowest BCUT2D eigenvalue weighted by Gasteiger charge is -2.29. The molecule has 0 aromatic heterocycles. The molecule has 0 spiro atoms. The molecule has 15 heavy (non-hydrogen) atoms. The molecule has 1 aliphatic rings. The summed E-state index contributed by atoms with van der Waals surface area (Å²) >= 11 is 3.47. The Balaban J connectivity index is 2.20. The number of methoxy groups -OCH3 is 1. The van der Waals surface area contributed by atoms with Gasteiger partial charge in [-0.3, -0.25) is 0 Å². The molecule has 2 rings (SSSR count). The average Bonchev–Trinajstić information content (AvgIpc) is 2.31. The molecule has 0 saturated carbocycles. The standard InChI is InChI=1S/C12H16BrNO/c1-15-12-9-10(5-6-11(12)13)14-7-3-2-4-8-14/h5-6,9H,2-4,7-8H2,1H3. The van der Waals surface area contributed by atoms with E-state index in [2.05, 4.69) is 39.0 Å². The Morgan fingerprint density at radius 2 is 1.93 bits per heavy atom. The Morgan fingerprint density at radius 1 is 1.20 bits per heavy atom. The third kappa shape index (κ3) is 2.46. The molecular weight excluding hydrogens is 254 g/mol. The molecule has 1 saturated heterocycles. The summed E-state index contributed by atoms with van der Waals surface area (Å²) in [4.78, 5) is 2.43. The Hall–Kier alpha value is -0.700. The highest BCUT2D eigenvalue weighted by Gasteiger charge is 2.12. The number of ether oxygens (including phenoxy) is 1. The molecule has 3 heteroatoms. The van der Waals surface area contributed by atoms with Crippen molar-refractivity contribution in [3.8, 4) is 5.75 Å². The van der Waals surface area contributed by atoms with Gasteiger partial charge in [0.1, 0.15) is 5.75 Å². The van der Waals surface area contributed by atoms with Crippen LogP contribution in [0.2, 0.25) is 0 Å². The average molecular weight is 270 g/mol. The lowest BCUT2D eigenvalue weighted by Crippen LogP contribution is -2.29.